The summed E-state index contributed by atoms with van der Waals surface area (Å²) < 4.78 is 0. The molecule has 2 aliphatic carbocycles. The van der Waals surface area contributed by atoms with Gasteiger partial charge in [0.25, 0.3) is 0 Å². The van der Waals surface area contributed by atoms with E-state index in [-0.39, 0.29) is 0 Å². The molecule has 2 heteroatoms. The molecule has 4 aliphatic rings. The Morgan fingerprint density at radius 3 is 1.20 bits per heavy atom. The fourth-order valence-electron chi connectivity index (χ4n) is 7.90. The van der Waals surface area contributed by atoms with Crippen molar-refractivity contribution >= 4 is 34.5 Å². The van der Waals surface area contributed by atoms with Gasteiger partial charge in [0.1, 0.15) is 0 Å². The van der Waals surface area contributed by atoms with Crippen LogP contribution in [0.4, 0.5) is 5.69 Å². The van der Waals surface area contributed by atoms with Crippen LogP contribution < -0.4 is 25.6 Å². The van der Waals surface area contributed by atoms with Gasteiger partial charge < -0.3 is 4.90 Å². The van der Waals surface area contributed by atoms with Crippen LogP contribution in [0, 0.1) is 11.8 Å². The average Bonchev–Trinajstić information content (AvgIpc) is 2.91. The molecule has 174 valence electrons. The first-order chi connectivity index (χ1) is 17.3. The number of piperidine rings is 2. The van der Waals surface area contributed by atoms with Crippen LogP contribution in [0.3, 0.4) is 0 Å². The van der Waals surface area contributed by atoms with Crippen molar-refractivity contribution in [1.82, 2.24) is 0 Å². The highest BCUT2D eigenvalue weighted by Gasteiger charge is 2.47. The predicted molar refractivity (Wildman–Crippen MR) is 150 cm³/mol. The lowest BCUT2D eigenvalue weighted by atomic mass is 9.63. The predicted octanol–water partition coefficient (Wildman–Crippen LogP) is 4.83. The van der Waals surface area contributed by atoms with Gasteiger partial charge in [0.05, 0.1) is 0 Å². The van der Waals surface area contributed by atoms with Crippen LogP contribution in [0.1, 0.15) is 32.1 Å². The van der Waals surface area contributed by atoms with Crippen molar-refractivity contribution in [1.29, 1.82) is 0 Å². The fourth-order valence-corrected chi connectivity index (χ4v) is 12.6. The van der Waals surface area contributed by atoms with Gasteiger partial charge in [-0.15, -0.1) is 0 Å². The molecule has 0 unspecified atom stereocenters. The molecular formula is C33H33NSi. The van der Waals surface area contributed by atoms with E-state index in [1.807, 2.05) is 0 Å². The third-order valence-corrected chi connectivity index (χ3v) is 13.9. The summed E-state index contributed by atoms with van der Waals surface area (Å²) >= 11 is 0. The van der Waals surface area contributed by atoms with E-state index in [1.165, 1.54) is 58.5 Å². The van der Waals surface area contributed by atoms with Crippen molar-refractivity contribution in [2.75, 3.05) is 4.90 Å². The molecule has 0 radical (unpaired) electrons. The highest BCUT2D eigenvalue weighted by molar-refractivity contribution is 7.19. The van der Waals surface area contributed by atoms with Crippen LogP contribution >= 0.6 is 0 Å². The number of anilines is 1. The van der Waals surface area contributed by atoms with Gasteiger partial charge in [0.15, 0.2) is 8.07 Å². The first kappa shape index (κ1) is 21.2. The monoisotopic (exact) mass is 471 g/mol. The minimum absolute atomic E-state index is 0.761. The first-order valence-corrected chi connectivity index (χ1v) is 15.4. The third kappa shape index (κ3) is 3.42. The maximum atomic E-state index is 2.81. The summed E-state index contributed by atoms with van der Waals surface area (Å²) in [6.07, 6.45) is 7.13. The van der Waals surface area contributed by atoms with E-state index in [2.05, 4.69) is 120 Å². The Kier molecular flexibility index (Phi) is 5.17. The number of benzene rings is 4. The van der Waals surface area contributed by atoms with Gasteiger partial charge in [0, 0.05) is 17.8 Å². The van der Waals surface area contributed by atoms with Crippen LogP contribution in [-0.4, -0.2) is 20.2 Å². The van der Waals surface area contributed by atoms with Crippen molar-refractivity contribution in [2.45, 2.75) is 44.2 Å². The summed E-state index contributed by atoms with van der Waals surface area (Å²) in [6, 6.07) is 45.1. The van der Waals surface area contributed by atoms with Gasteiger partial charge in [-0.05, 0) is 76.8 Å². The van der Waals surface area contributed by atoms with Crippen LogP contribution in [0.15, 0.2) is 115 Å². The maximum absolute atomic E-state index is 2.81. The second kappa shape index (κ2) is 8.53. The molecule has 0 spiro atoms. The van der Waals surface area contributed by atoms with Crippen LogP contribution in [0.25, 0.3) is 0 Å². The fraction of sp³-hybridized carbons (Fsp3) is 0.273. The zero-order valence-corrected chi connectivity index (χ0v) is 21.3. The first-order valence-electron chi connectivity index (χ1n) is 13.4. The summed E-state index contributed by atoms with van der Waals surface area (Å²) in [6.45, 7) is 0. The Balaban J connectivity index is 1.38. The lowest BCUT2D eigenvalue weighted by molar-refractivity contribution is 0.0900. The van der Waals surface area contributed by atoms with Gasteiger partial charge >= 0.3 is 0 Å². The smallest absolute Gasteiger partial charge is 0.179 e. The molecule has 0 atom stereocenters. The summed E-state index contributed by atoms with van der Waals surface area (Å²) in [5.41, 5.74) is 1.44. The molecule has 2 saturated heterocycles. The number of nitrogens with zero attached hydrogens (tertiary/aromatic N) is 1. The van der Waals surface area contributed by atoms with Gasteiger partial charge in [-0.1, -0.05) is 103 Å². The number of hydrogen-bond acceptors (Lipinski definition) is 1. The van der Waals surface area contributed by atoms with E-state index < -0.39 is 8.07 Å². The highest BCUT2D eigenvalue weighted by Crippen LogP contribution is 2.50. The van der Waals surface area contributed by atoms with Gasteiger partial charge in [-0.25, -0.2) is 0 Å². The standard InChI is InChI=1S/C33H33NSi/c1-4-10-30(11-5-1)35(31-12-6-2-7-13-31,32-14-8-3-9-15-32)33-18-16-27(17-19-33)34-28-21-25-20-26(23-28)24-29(34)22-25/h1-19,25-26,28-29H,20-24H2. The van der Waals surface area contributed by atoms with Crippen molar-refractivity contribution < 1.29 is 0 Å². The number of hydrogen-bond donors (Lipinski definition) is 0. The van der Waals surface area contributed by atoms with Crippen molar-refractivity contribution in [3.8, 4) is 0 Å². The quantitative estimate of drug-likeness (QED) is 0.298. The molecule has 4 bridgehead atoms. The second-order valence-corrected chi connectivity index (χ2v) is 14.8. The molecule has 4 fully saturated rings. The van der Waals surface area contributed by atoms with Crippen molar-refractivity contribution in [2.24, 2.45) is 11.8 Å². The van der Waals surface area contributed by atoms with E-state index in [9.17, 15) is 0 Å². The maximum Gasteiger partial charge on any atom is 0.179 e. The largest absolute Gasteiger partial charge is 0.366 e. The average molecular weight is 472 g/mol. The van der Waals surface area contributed by atoms with E-state index in [4.69, 9.17) is 0 Å². The van der Waals surface area contributed by atoms with E-state index >= 15 is 0 Å². The lowest BCUT2D eigenvalue weighted by Gasteiger charge is -2.57. The molecule has 4 aromatic carbocycles. The van der Waals surface area contributed by atoms with Gasteiger partial charge in [-0.3, -0.25) is 0 Å². The van der Waals surface area contributed by atoms with E-state index in [0.29, 0.717) is 0 Å². The minimum Gasteiger partial charge on any atom is -0.366 e. The normalized spacial score (nSPS) is 25.1. The van der Waals surface area contributed by atoms with Crippen LogP contribution in [0.5, 0.6) is 0 Å². The molecule has 2 aliphatic heterocycles. The molecule has 4 aromatic rings. The minimum atomic E-state index is -2.42. The lowest BCUT2D eigenvalue weighted by Crippen LogP contribution is -2.74. The van der Waals surface area contributed by atoms with Crippen LogP contribution in [-0.2, 0) is 0 Å². The summed E-state index contributed by atoms with van der Waals surface area (Å²) in [5, 5.41) is 5.80. The van der Waals surface area contributed by atoms with E-state index in [1.54, 1.807) is 0 Å². The van der Waals surface area contributed by atoms with Crippen molar-refractivity contribution in [3.63, 3.8) is 0 Å². The molecule has 2 heterocycles. The molecule has 1 nitrogen and oxygen atoms in total. The van der Waals surface area contributed by atoms with E-state index in [0.717, 1.165) is 23.9 Å². The SMILES string of the molecule is c1ccc([Si](c2ccccc2)(c2ccccc2)c2ccc(N3C4CC5CC(C4)CC3C5)cc2)cc1. The second-order valence-electron chi connectivity index (χ2n) is 11.0. The van der Waals surface area contributed by atoms with Crippen LogP contribution in [0.2, 0.25) is 0 Å². The third-order valence-electron chi connectivity index (χ3n) is 9.09. The zero-order chi connectivity index (χ0) is 23.2. The molecule has 35 heavy (non-hydrogen) atoms. The Hall–Kier alpha value is -3.10. The molecule has 2 saturated carbocycles. The molecule has 0 N–H and O–H groups in total. The zero-order valence-electron chi connectivity index (χ0n) is 20.3. The summed E-state index contributed by atoms with van der Waals surface area (Å²) in [5.74, 6) is 1.98. The topological polar surface area (TPSA) is 3.24 Å². The van der Waals surface area contributed by atoms with Gasteiger partial charge in [-0.2, -0.15) is 0 Å². The Morgan fingerprint density at radius 2 is 0.800 bits per heavy atom. The van der Waals surface area contributed by atoms with Crippen molar-refractivity contribution in [3.05, 3.63) is 115 Å². The highest BCUT2D eigenvalue weighted by atomic mass is 28.3. The summed E-state index contributed by atoms with van der Waals surface area (Å²) in [4.78, 5) is 2.81. The molecule has 0 amide bonds. The molecular weight excluding hydrogens is 438 g/mol. The summed E-state index contributed by atoms with van der Waals surface area (Å²) in [7, 11) is -2.42. The molecule has 8 rings (SSSR count). The molecule has 0 aromatic heterocycles. The Labute approximate surface area is 210 Å². The Bertz CT molecular complexity index is 1160. The number of rotatable bonds is 5. The van der Waals surface area contributed by atoms with Gasteiger partial charge in [0.2, 0.25) is 0 Å². The Morgan fingerprint density at radius 1 is 0.429 bits per heavy atom.